The minimum absolute atomic E-state index is 0.102. The van der Waals surface area contributed by atoms with Gasteiger partial charge in [0.05, 0.1) is 12.8 Å². The van der Waals surface area contributed by atoms with E-state index in [9.17, 15) is 4.79 Å². The zero-order valence-corrected chi connectivity index (χ0v) is 14.6. The number of aromatic nitrogens is 1. The van der Waals surface area contributed by atoms with Crippen molar-refractivity contribution in [2.24, 2.45) is 0 Å². The molecule has 0 bridgehead atoms. The van der Waals surface area contributed by atoms with Crippen LogP contribution in [0.5, 0.6) is 5.75 Å². The molecule has 130 valence electrons. The van der Waals surface area contributed by atoms with Gasteiger partial charge in [-0.3, -0.25) is 14.7 Å². The third kappa shape index (κ3) is 2.54. The topological polar surface area (TPSA) is 42.4 Å². The summed E-state index contributed by atoms with van der Waals surface area (Å²) in [7, 11) is 1.64. The number of ether oxygens (including phenoxy) is 1. The number of hydrogen-bond donors (Lipinski definition) is 0. The molecule has 2 heterocycles. The summed E-state index contributed by atoms with van der Waals surface area (Å²) in [5.41, 5.74) is 2.20. The van der Waals surface area contributed by atoms with Crippen molar-refractivity contribution in [3.05, 3.63) is 90.3 Å². The zero-order chi connectivity index (χ0) is 18.0. The van der Waals surface area contributed by atoms with Gasteiger partial charge in [0.2, 0.25) is 5.91 Å². The normalized spacial score (nSPS) is 19.6. The fourth-order valence-corrected chi connectivity index (χ4v) is 3.81. The summed E-state index contributed by atoms with van der Waals surface area (Å²) >= 11 is 0. The van der Waals surface area contributed by atoms with Crippen LogP contribution in [-0.4, -0.2) is 18.0 Å². The number of benzene rings is 2. The summed E-state index contributed by atoms with van der Waals surface area (Å²) in [6, 6.07) is 23.7. The Hall–Kier alpha value is -3.14. The van der Waals surface area contributed by atoms with Gasteiger partial charge in [-0.25, -0.2) is 0 Å². The van der Waals surface area contributed by atoms with Gasteiger partial charge in [0, 0.05) is 18.3 Å². The molecule has 26 heavy (non-hydrogen) atoms. The number of pyridine rings is 1. The van der Waals surface area contributed by atoms with E-state index in [1.807, 2.05) is 65.6 Å². The maximum atomic E-state index is 13.0. The Morgan fingerprint density at radius 2 is 1.69 bits per heavy atom. The van der Waals surface area contributed by atoms with Crippen molar-refractivity contribution in [3.8, 4) is 5.75 Å². The molecule has 1 unspecified atom stereocenters. The quantitative estimate of drug-likeness (QED) is 0.714. The van der Waals surface area contributed by atoms with Crippen molar-refractivity contribution in [1.29, 1.82) is 0 Å². The van der Waals surface area contributed by atoms with E-state index in [0.717, 1.165) is 22.7 Å². The Labute approximate surface area is 153 Å². The summed E-state index contributed by atoms with van der Waals surface area (Å²) in [5.74, 6) is 0.869. The lowest BCUT2D eigenvalue weighted by atomic mass is 9.83. The molecule has 0 N–H and O–H groups in total. The second-order valence-electron chi connectivity index (χ2n) is 6.37. The number of carbonyl (C=O) groups excluding carboxylic acids is 1. The molecule has 1 saturated heterocycles. The second kappa shape index (κ2) is 6.64. The number of methoxy groups -OCH3 is 1. The Balaban J connectivity index is 1.92. The minimum atomic E-state index is -0.603. The Morgan fingerprint density at radius 3 is 2.35 bits per heavy atom. The van der Waals surface area contributed by atoms with Crippen LogP contribution < -0.4 is 9.64 Å². The van der Waals surface area contributed by atoms with E-state index in [1.54, 1.807) is 13.3 Å². The van der Waals surface area contributed by atoms with E-state index in [0.29, 0.717) is 12.8 Å². The molecule has 1 amide bonds. The minimum Gasteiger partial charge on any atom is -0.497 e. The fraction of sp³-hybridized carbons (Fsp3) is 0.182. The number of carbonyl (C=O) groups is 1. The van der Waals surface area contributed by atoms with Gasteiger partial charge in [-0.05, 0) is 48.4 Å². The lowest BCUT2D eigenvalue weighted by molar-refractivity contribution is -0.117. The first-order valence-electron chi connectivity index (χ1n) is 8.70. The molecule has 1 fully saturated rings. The summed E-state index contributed by atoms with van der Waals surface area (Å²) < 4.78 is 5.26. The monoisotopic (exact) mass is 344 g/mol. The van der Waals surface area contributed by atoms with Gasteiger partial charge in [-0.1, -0.05) is 36.4 Å². The van der Waals surface area contributed by atoms with Crippen LogP contribution in [0.4, 0.5) is 5.69 Å². The molecule has 2 aromatic carbocycles. The molecular formula is C22H20N2O2. The van der Waals surface area contributed by atoms with E-state index in [-0.39, 0.29) is 5.91 Å². The third-order valence-electron chi connectivity index (χ3n) is 5.00. The van der Waals surface area contributed by atoms with Crippen molar-refractivity contribution in [2.75, 3.05) is 12.0 Å². The van der Waals surface area contributed by atoms with Gasteiger partial charge < -0.3 is 4.74 Å². The highest BCUT2D eigenvalue weighted by Crippen LogP contribution is 2.46. The SMILES string of the molecule is COc1ccc(N2C(=O)CCC2(c2ccccc2)c2ccccn2)cc1. The van der Waals surface area contributed by atoms with E-state index in [4.69, 9.17) is 4.74 Å². The van der Waals surface area contributed by atoms with Crippen LogP contribution in [-0.2, 0) is 10.3 Å². The molecule has 1 atom stereocenters. The Kier molecular flexibility index (Phi) is 4.17. The fourth-order valence-electron chi connectivity index (χ4n) is 3.81. The van der Waals surface area contributed by atoms with Gasteiger partial charge in [-0.2, -0.15) is 0 Å². The van der Waals surface area contributed by atoms with Gasteiger partial charge in [0.25, 0.3) is 0 Å². The van der Waals surface area contributed by atoms with Gasteiger partial charge in [0.15, 0.2) is 0 Å². The van der Waals surface area contributed by atoms with E-state index < -0.39 is 5.54 Å². The van der Waals surface area contributed by atoms with Crippen molar-refractivity contribution >= 4 is 11.6 Å². The van der Waals surface area contributed by atoms with Crippen LogP contribution >= 0.6 is 0 Å². The van der Waals surface area contributed by atoms with Crippen molar-refractivity contribution in [3.63, 3.8) is 0 Å². The Bertz CT molecular complexity index is 853. The van der Waals surface area contributed by atoms with Gasteiger partial charge in [0.1, 0.15) is 11.3 Å². The number of anilines is 1. The predicted octanol–water partition coefficient (Wildman–Crippen LogP) is 4.16. The molecule has 3 aromatic rings. The summed E-state index contributed by atoms with van der Waals surface area (Å²) in [6.07, 6.45) is 2.96. The average Bonchev–Trinajstić information content (AvgIpc) is 3.07. The van der Waals surface area contributed by atoms with E-state index in [1.165, 1.54) is 0 Å². The lowest BCUT2D eigenvalue weighted by Crippen LogP contribution is -2.45. The molecule has 4 heteroatoms. The standard InChI is InChI=1S/C22H20N2O2/c1-26-19-12-10-18(11-13-19)24-21(25)14-15-22(24,17-7-3-2-4-8-17)20-9-5-6-16-23-20/h2-13,16H,14-15H2,1H3. The third-order valence-corrected chi connectivity index (χ3v) is 5.00. The smallest absolute Gasteiger partial charge is 0.228 e. The first kappa shape index (κ1) is 16.3. The van der Waals surface area contributed by atoms with Crippen molar-refractivity contribution in [1.82, 2.24) is 4.98 Å². The van der Waals surface area contributed by atoms with Gasteiger partial charge in [-0.15, -0.1) is 0 Å². The number of rotatable bonds is 4. The van der Waals surface area contributed by atoms with Gasteiger partial charge >= 0.3 is 0 Å². The molecule has 0 radical (unpaired) electrons. The van der Waals surface area contributed by atoms with Crippen LogP contribution in [0.1, 0.15) is 24.1 Å². The molecule has 1 aliphatic heterocycles. The molecule has 0 aliphatic carbocycles. The van der Waals surface area contributed by atoms with E-state index >= 15 is 0 Å². The van der Waals surface area contributed by atoms with Crippen molar-refractivity contribution < 1.29 is 9.53 Å². The highest BCUT2D eigenvalue weighted by Gasteiger charge is 2.49. The van der Waals surface area contributed by atoms with Crippen LogP contribution in [0.15, 0.2) is 79.0 Å². The van der Waals surface area contributed by atoms with Crippen LogP contribution in [0.25, 0.3) is 0 Å². The largest absolute Gasteiger partial charge is 0.497 e. The summed E-state index contributed by atoms with van der Waals surface area (Å²) in [4.78, 5) is 19.5. The second-order valence-corrected chi connectivity index (χ2v) is 6.37. The van der Waals surface area contributed by atoms with Crippen LogP contribution in [0.2, 0.25) is 0 Å². The van der Waals surface area contributed by atoms with E-state index in [2.05, 4.69) is 17.1 Å². The molecule has 1 aromatic heterocycles. The first-order valence-corrected chi connectivity index (χ1v) is 8.70. The highest BCUT2D eigenvalue weighted by molar-refractivity contribution is 5.98. The average molecular weight is 344 g/mol. The summed E-state index contributed by atoms with van der Waals surface area (Å²) in [6.45, 7) is 0. The molecule has 0 saturated carbocycles. The number of amides is 1. The molecule has 0 spiro atoms. The zero-order valence-electron chi connectivity index (χ0n) is 14.6. The van der Waals surface area contributed by atoms with Crippen LogP contribution in [0, 0.1) is 0 Å². The maximum absolute atomic E-state index is 13.0. The molecule has 4 rings (SSSR count). The molecule has 4 nitrogen and oxygen atoms in total. The van der Waals surface area contributed by atoms with Crippen LogP contribution in [0.3, 0.4) is 0 Å². The van der Waals surface area contributed by atoms with Crippen molar-refractivity contribution in [2.45, 2.75) is 18.4 Å². The maximum Gasteiger partial charge on any atom is 0.228 e. The lowest BCUT2D eigenvalue weighted by Gasteiger charge is -2.38. The summed E-state index contributed by atoms with van der Waals surface area (Å²) in [5, 5.41) is 0. The molecule has 1 aliphatic rings. The molecular weight excluding hydrogens is 324 g/mol. The highest BCUT2D eigenvalue weighted by atomic mass is 16.5. The predicted molar refractivity (Wildman–Crippen MR) is 101 cm³/mol. The number of nitrogens with zero attached hydrogens (tertiary/aromatic N) is 2. The Morgan fingerprint density at radius 1 is 0.962 bits per heavy atom. The first-order chi connectivity index (χ1) is 12.8. The number of hydrogen-bond acceptors (Lipinski definition) is 3.